The molecule has 148 valence electrons. The molecule has 0 saturated carbocycles. The number of fused-ring (bicyclic) bond motifs is 1. The van der Waals surface area contributed by atoms with E-state index in [-0.39, 0.29) is 18.3 Å². The van der Waals surface area contributed by atoms with E-state index in [0.29, 0.717) is 18.2 Å². The third kappa shape index (κ3) is 4.87. The number of halogens is 1. The molecule has 2 aromatic heterocycles. The van der Waals surface area contributed by atoms with Gasteiger partial charge in [-0.2, -0.15) is 10.1 Å². The maximum absolute atomic E-state index is 12.5. The average molecular weight is 395 g/mol. The molecule has 4 rings (SSSR count). The molecule has 0 aromatic carbocycles. The van der Waals surface area contributed by atoms with Gasteiger partial charge < -0.3 is 14.7 Å². The minimum absolute atomic E-state index is 0. The quantitative estimate of drug-likeness (QED) is 0.826. The van der Waals surface area contributed by atoms with Gasteiger partial charge in [-0.05, 0) is 24.8 Å². The van der Waals surface area contributed by atoms with E-state index in [1.54, 1.807) is 0 Å². The van der Waals surface area contributed by atoms with Crippen LogP contribution in [0.3, 0.4) is 0 Å². The second-order valence-corrected chi connectivity index (χ2v) is 7.28. The lowest BCUT2D eigenvalue weighted by Gasteiger charge is -2.31. The molecular weight excluding hydrogens is 368 g/mol. The fourth-order valence-corrected chi connectivity index (χ4v) is 3.84. The number of likely N-dealkylation sites (tertiary alicyclic amines) is 1. The molecule has 0 radical (unpaired) electrons. The van der Waals surface area contributed by atoms with Crippen molar-refractivity contribution in [1.82, 2.24) is 30.1 Å². The van der Waals surface area contributed by atoms with Crippen molar-refractivity contribution in [2.45, 2.75) is 52.1 Å². The third-order valence-electron chi connectivity index (χ3n) is 5.32. The Bertz CT molecular complexity index is 742. The van der Waals surface area contributed by atoms with Crippen molar-refractivity contribution in [3.63, 3.8) is 0 Å². The summed E-state index contributed by atoms with van der Waals surface area (Å²) in [6, 6.07) is 2.12. The van der Waals surface area contributed by atoms with Crippen LogP contribution in [0.25, 0.3) is 0 Å². The van der Waals surface area contributed by atoms with Gasteiger partial charge in [-0.25, -0.2) is 0 Å². The summed E-state index contributed by atoms with van der Waals surface area (Å²) in [5.74, 6) is 2.17. The second-order valence-electron chi connectivity index (χ2n) is 7.28. The summed E-state index contributed by atoms with van der Waals surface area (Å²) in [4.78, 5) is 18.8. The molecule has 2 aliphatic rings. The number of carbonyl (C=O) groups excluding carboxylic acids is 1. The van der Waals surface area contributed by atoms with Crippen molar-refractivity contribution >= 4 is 18.3 Å². The van der Waals surface area contributed by atoms with Gasteiger partial charge in [0.2, 0.25) is 11.8 Å². The molecule has 27 heavy (non-hydrogen) atoms. The first-order valence-electron chi connectivity index (χ1n) is 9.50. The molecule has 1 amide bonds. The molecule has 0 spiro atoms. The van der Waals surface area contributed by atoms with E-state index in [2.05, 4.69) is 31.3 Å². The highest BCUT2D eigenvalue weighted by atomic mass is 35.5. The van der Waals surface area contributed by atoms with Crippen LogP contribution in [0.15, 0.2) is 10.6 Å². The molecule has 2 aliphatic heterocycles. The van der Waals surface area contributed by atoms with Crippen LogP contribution in [0.4, 0.5) is 0 Å². The molecule has 8 nitrogen and oxygen atoms in total. The van der Waals surface area contributed by atoms with Crippen LogP contribution in [0.1, 0.15) is 42.4 Å². The Kier molecular flexibility index (Phi) is 6.49. The van der Waals surface area contributed by atoms with Crippen molar-refractivity contribution in [1.29, 1.82) is 0 Å². The minimum Gasteiger partial charge on any atom is -0.343 e. The molecule has 9 heteroatoms. The van der Waals surface area contributed by atoms with Crippen LogP contribution in [0.5, 0.6) is 0 Å². The number of nitrogens with zero attached hydrogens (tertiary/aromatic N) is 5. The van der Waals surface area contributed by atoms with Gasteiger partial charge in [0.1, 0.15) is 0 Å². The summed E-state index contributed by atoms with van der Waals surface area (Å²) >= 11 is 0. The van der Waals surface area contributed by atoms with Crippen LogP contribution in [0, 0.1) is 12.8 Å². The molecule has 0 unspecified atom stereocenters. The number of aromatic nitrogens is 4. The van der Waals surface area contributed by atoms with Gasteiger partial charge in [-0.15, -0.1) is 12.4 Å². The summed E-state index contributed by atoms with van der Waals surface area (Å²) in [7, 11) is 0. The van der Waals surface area contributed by atoms with Gasteiger partial charge in [0.15, 0.2) is 5.82 Å². The first-order valence-corrected chi connectivity index (χ1v) is 9.50. The summed E-state index contributed by atoms with van der Waals surface area (Å²) in [5.41, 5.74) is 2.25. The van der Waals surface area contributed by atoms with Gasteiger partial charge >= 0.3 is 0 Å². The van der Waals surface area contributed by atoms with Crippen LogP contribution >= 0.6 is 12.4 Å². The molecule has 0 atom stereocenters. The van der Waals surface area contributed by atoms with Gasteiger partial charge in [0.05, 0.1) is 17.9 Å². The monoisotopic (exact) mass is 394 g/mol. The number of hydrogen-bond acceptors (Lipinski definition) is 6. The van der Waals surface area contributed by atoms with Gasteiger partial charge in [-0.3, -0.25) is 9.48 Å². The molecule has 2 aromatic rings. The number of aryl methyl sites for hydroxylation is 2. The van der Waals surface area contributed by atoms with E-state index >= 15 is 0 Å². The third-order valence-corrected chi connectivity index (χ3v) is 5.32. The predicted octanol–water partition coefficient (Wildman–Crippen LogP) is 1.51. The summed E-state index contributed by atoms with van der Waals surface area (Å²) < 4.78 is 7.09. The van der Waals surface area contributed by atoms with Crippen LogP contribution in [-0.2, 0) is 30.7 Å². The number of carbonyl (C=O) groups is 1. The van der Waals surface area contributed by atoms with E-state index in [9.17, 15) is 4.79 Å². The Hall–Kier alpha value is -1.93. The van der Waals surface area contributed by atoms with Crippen molar-refractivity contribution < 1.29 is 9.32 Å². The highest BCUT2D eigenvalue weighted by molar-refractivity contribution is 5.85. The van der Waals surface area contributed by atoms with Crippen molar-refractivity contribution in [2.75, 3.05) is 19.6 Å². The molecular formula is C18H27ClN6O2. The van der Waals surface area contributed by atoms with Crippen LogP contribution < -0.4 is 5.32 Å². The molecule has 0 aliphatic carbocycles. The molecule has 1 N–H and O–H groups in total. The van der Waals surface area contributed by atoms with E-state index in [1.165, 1.54) is 5.69 Å². The zero-order chi connectivity index (χ0) is 17.9. The molecule has 1 fully saturated rings. The first kappa shape index (κ1) is 19.8. The standard InChI is InChI=1S/C18H26N6O2.ClH/c1-13-20-17(22-26-13)10-14-4-7-23(8-5-14)18(25)3-2-15-11-16-12-19-6-9-24(16)21-15;/h11,14,19H,2-10,12H2,1H3;1H. The first-order chi connectivity index (χ1) is 12.7. The van der Waals surface area contributed by atoms with Crippen LogP contribution in [-0.4, -0.2) is 50.4 Å². The maximum Gasteiger partial charge on any atom is 0.223 e. The number of hydrogen-bond donors (Lipinski definition) is 1. The van der Waals surface area contributed by atoms with E-state index in [0.717, 1.165) is 69.9 Å². The topological polar surface area (TPSA) is 89.1 Å². The zero-order valence-corrected chi connectivity index (χ0v) is 16.5. The van der Waals surface area contributed by atoms with E-state index in [4.69, 9.17) is 4.52 Å². The minimum atomic E-state index is 0. The highest BCUT2D eigenvalue weighted by Gasteiger charge is 2.24. The SMILES string of the molecule is Cc1nc(CC2CCN(C(=O)CCc3cc4n(n3)CCNC4)CC2)no1.Cl. The number of nitrogens with one attached hydrogen (secondary N) is 1. The summed E-state index contributed by atoms with van der Waals surface area (Å²) in [6.07, 6.45) is 4.11. The zero-order valence-electron chi connectivity index (χ0n) is 15.7. The smallest absolute Gasteiger partial charge is 0.223 e. The van der Waals surface area contributed by atoms with E-state index in [1.807, 2.05) is 11.8 Å². The lowest BCUT2D eigenvalue weighted by atomic mass is 9.93. The number of piperidine rings is 1. The highest BCUT2D eigenvalue weighted by Crippen LogP contribution is 2.21. The number of amides is 1. The Labute approximate surface area is 165 Å². The van der Waals surface area contributed by atoms with Gasteiger partial charge in [0, 0.05) is 52.4 Å². The molecule has 0 bridgehead atoms. The van der Waals surface area contributed by atoms with Crippen LogP contribution in [0.2, 0.25) is 0 Å². The molecule has 1 saturated heterocycles. The Morgan fingerprint density at radius 3 is 2.85 bits per heavy atom. The largest absolute Gasteiger partial charge is 0.343 e. The Morgan fingerprint density at radius 1 is 1.33 bits per heavy atom. The van der Waals surface area contributed by atoms with E-state index < -0.39 is 0 Å². The van der Waals surface area contributed by atoms with Crippen molar-refractivity contribution in [3.8, 4) is 0 Å². The maximum atomic E-state index is 12.5. The van der Waals surface area contributed by atoms with Gasteiger partial charge in [-0.1, -0.05) is 5.16 Å². The fourth-order valence-electron chi connectivity index (χ4n) is 3.84. The van der Waals surface area contributed by atoms with Crippen molar-refractivity contribution in [3.05, 3.63) is 29.2 Å². The summed E-state index contributed by atoms with van der Waals surface area (Å²) in [5, 5.41) is 11.9. The second kappa shape index (κ2) is 8.84. The van der Waals surface area contributed by atoms with Gasteiger partial charge in [0.25, 0.3) is 0 Å². The number of rotatable bonds is 5. The Balaban J connectivity index is 0.00000210. The predicted molar refractivity (Wildman–Crippen MR) is 102 cm³/mol. The lowest BCUT2D eigenvalue weighted by Crippen LogP contribution is -2.39. The molecule has 4 heterocycles. The normalized spacial score (nSPS) is 17.4. The fraction of sp³-hybridized carbons (Fsp3) is 0.667. The Morgan fingerprint density at radius 2 is 2.15 bits per heavy atom. The lowest BCUT2D eigenvalue weighted by molar-refractivity contribution is -0.132. The average Bonchev–Trinajstić information content (AvgIpc) is 3.25. The van der Waals surface area contributed by atoms with Crippen molar-refractivity contribution in [2.24, 2.45) is 5.92 Å². The summed E-state index contributed by atoms with van der Waals surface area (Å²) in [6.45, 7) is 6.20.